The minimum atomic E-state index is -0.524. The van der Waals surface area contributed by atoms with Crippen LogP contribution in [0.5, 0.6) is 0 Å². The van der Waals surface area contributed by atoms with Crippen molar-refractivity contribution in [2.75, 3.05) is 19.6 Å². The van der Waals surface area contributed by atoms with Crippen molar-refractivity contribution in [3.63, 3.8) is 0 Å². The molecule has 3 rings (SSSR count). The SMILES string of the molecule is C[C@H]1CN(C(=O)OC(C)(C)C)CCN1C(=O)c1cccc2c(Br)cccc12. The Morgan fingerprint density at radius 2 is 1.74 bits per heavy atom. The number of fused-ring (bicyclic) bond motifs is 1. The number of halogens is 1. The molecule has 2 aromatic carbocycles. The summed E-state index contributed by atoms with van der Waals surface area (Å²) in [4.78, 5) is 29.1. The lowest BCUT2D eigenvalue weighted by Crippen LogP contribution is -2.56. The quantitative estimate of drug-likeness (QED) is 0.656. The smallest absolute Gasteiger partial charge is 0.410 e. The summed E-state index contributed by atoms with van der Waals surface area (Å²) in [7, 11) is 0. The number of carbonyl (C=O) groups is 2. The molecular weight excluding hydrogens is 408 g/mol. The predicted octanol–water partition coefficient (Wildman–Crippen LogP) is 4.68. The molecule has 1 aliphatic heterocycles. The first kappa shape index (κ1) is 19.7. The zero-order valence-electron chi connectivity index (χ0n) is 16.2. The fourth-order valence-electron chi connectivity index (χ4n) is 3.36. The second-order valence-corrected chi connectivity index (χ2v) is 8.77. The van der Waals surface area contributed by atoms with Gasteiger partial charge in [-0.25, -0.2) is 4.79 Å². The van der Waals surface area contributed by atoms with E-state index < -0.39 is 5.60 Å². The highest BCUT2D eigenvalue weighted by Gasteiger charge is 2.32. The number of piperazine rings is 1. The first-order valence-corrected chi connectivity index (χ1v) is 9.93. The summed E-state index contributed by atoms with van der Waals surface area (Å²) in [5.41, 5.74) is 0.162. The van der Waals surface area contributed by atoms with Gasteiger partial charge in [0.1, 0.15) is 5.60 Å². The van der Waals surface area contributed by atoms with Crippen LogP contribution in [-0.2, 0) is 4.74 Å². The summed E-state index contributed by atoms with van der Waals surface area (Å²) in [6.45, 7) is 8.96. The lowest BCUT2D eigenvalue weighted by atomic mass is 10.0. The predicted molar refractivity (Wildman–Crippen MR) is 110 cm³/mol. The molecule has 27 heavy (non-hydrogen) atoms. The van der Waals surface area contributed by atoms with Crippen molar-refractivity contribution in [3.05, 3.63) is 46.4 Å². The van der Waals surface area contributed by atoms with Crippen molar-refractivity contribution in [2.45, 2.75) is 39.3 Å². The van der Waals surface area contributed by atoms with E-state index in [1.54, 1.807) is 4.90 Å². The standard InChI is InChI=1S/C21H25BrN2O3/c1-14-13-23(20(26)27-21(2,3)4)11-12-24(14)19(25)17-9-5-8-16-15(17)7-6-10-18(16)22/h5-10,14H,11-13H2,1-4H3/t14-/m0/s1. The monoisotopic (exact) mass is 432 g/mol. The Balaban J connectivity index is 1.78. The minimum Gasteiger partial charge on any atom is -0.444 e. The molecule has 1 heterocycles. The van der Waals surface area contributed by atoms with E-state index in [2.05, 4.69) is 15.9 Å². The maximum absolute atomic E-state index is 13.2. The number of amides is 2. The Kier molecular flexibility index (Phi) is 5.47. The van der Waals surface area contributed by atoms with Gasteiger partial charge in [-0.1, -0.05) is 40.2 Å². The lowest BCUT2D eigenvalue weighted by molar-refractivity contribution is 0.00621. The summed E-state index contributed by atoms with van der Waals surface area (Å²) >= 11 is 3.55. The van der Waals surface area contributed by atoms with E-state index in [1.165, 1.54) is 0 Å². The molecule has 0 aliphatic carbocycles. The molecule has 2 aromatic rings. The van der Waals surface area contributed by atoms with E-state index in [9.17, 15) is 9.59 Å². The maximum atomic E-state index is 13.2. The highest BCUT2D eigenvalue weighted by molar-refractivity contribution is 9.10. The fourth-order valence-corrected chi connectivity index (χ4v) is 3.86. The molecule has 5 nitrogen and oxygen atoms in total. The zero-order chi connectivity index (χ0) is 19.8. The number of nitrogens with zero attached hydrogens (tertiary/aromatic N) is 2. The molecule has 1 atom stereocenters. The van der Waals surface area contributed by atoms with E-state index in [0.29, 0.717) is 25.2 Å². The number of benzene rings is 2. The molecule has 0 bridgehead atoms. The topological polar surface area (TPSA) is 49.9 Å². The molecule has 1 aliphatic rings. The molecule has 1 fully saturated rings. The van der Waals surface area contributed by atoms with Crippen LogP contribution in [-0.4, -0.2) is 53.1 Å². The number of ether oxygens (including phenoxy) is 1. The first-order valence-electron chi connectivity index (χ1n) is 9.13. The van der Waals surface area contributed by atoms with Gasteiger partial charge in [0, 0.05) is 35.7 Å². The summed E-state index contributed by atoms with van der Waals surface area (Å²) in [5.74, 6) is -0.00459. The molecule has 0 radical (unpaired) electrons. The zero-order valence-corrected chi connectivity index (χ0v) is 17.7. The Hall–Kier alpha value is -2.08. The highest BCUT2D eigenvalue weighted by atomic mass is 79.9. The molecule has 0 saturated carbocycles. The fraction of sp³-hybridized carbons (Fsp3) is 0.429. The van der Waals surface area contributed by atoms with Gasteiger partial charge < -0.3 is 14.5 Å². The third kappa shape index (κ3) is 4.26. The van der Waals surface area contributed by atoms with Crippen LogP contribution in [0.4, 0.5) is 4.79 Å². The van der Waals surface area contributed by atoms with Crippen LogP contribution in [0.1, 0.15) is 38.1 Å². The molecule has 2 amide bonds. The van der Waals surface area contributed by atoms with Crippen LogP contribution < -0.4 is 0 Å². The van der Waals surface area contributed by atoms with Crippen LogP contribution in [0.25, 0.3) is 10.8 Å². The summed E-state index contributed by atoms with van der Waals surface area (Å²) in [5, 5.41) is 1.95. The Labute approximate surface area is 168 Å². The maximum Gasteiger partial charge on any atom is 0.410 e. The van der Waals surface area contributed by atoms with Crippen molar-refractivity contribution >= 4 is 38.7 Å². The van der Waals surface area contributed by atoms with Crippen molar-refractivity contribution < 1.29 is 14.3 Å². The lowest BCUT2D eigenvalue weighted by Gasteiger charge is -2.40. The molecule has 0 aromatic heterocycles. The Bertz CT molecular complexity index is 875. The van der Waals surface area contributed by atoms with Gasteiger partial charge in [0.15, 0.2) is 0 Å². The van der Waals surface area contributed by atoms with Gasteiger partial charge >= 0.3 is 6.09 Å². The van der Waals surface area contributed by atoms with Crippen molar-refractivity contribution in [2.24, 2.45) is 0 Å². The number of carbonyl (C=O) groups excluding carboxylic acids is 2. The largest absolute Gasteiger partial charge is 0.444 e. The van der Waals surface area contributed by atoms with E-state index in [4.69, 9.17) is 4.74 Å². The number of hydrogen-bond donors (Lipinski definition) is 0. The molecule has 0 spiro atoms. The van der Waals surface area contributed by atoms with Crippen molar-refractivity contribution in [1.82, 2.24) is 9.80 Å². The average Bonchev–Trinajstić information content (AvgIpc) is 2.59. The molecule has 0 N–H and O–H groups in total. The Morgan fingerprint density at radius 3 is 2.41 bits per heavy atom. The van der Waals surface area contributed by atoms with Crippen LogP contribution in [0.15, 0.2) is 40.9 Å². The van der Waals surface area contributed by atoms with Crippen molar-refractivity contribution in [3.8, 4) is 0 Å². The molecule has 6 heteroatoms. The van der Waals surface area contributed by atoms with E-state index in [1.807, 2.05) is 69.0 Å². The third-order valence-electron chi connectivity index (χ3n) is 4.64. The third-order valence-corrected chi connectivity index (χ3v) is 5.33. The van der Waals surface area contributed by atoms with E-state index >= 15 is 0 Å². The Morgan fingerprint density at radius 1 is 1.07 bits per heavy atom. The van der Waals surface area contributed by atoms with E-state index in [0.717, 1.165) is 15.2 Å². The summed E-state index contributed by atoms with van der Waals surface area (Å²) < 4.78 is 6.42. The second kappa shape index (κ2) is 7.50. The summed E-state index contributed by atoms with van der Waals surface area (Å²) in [6, 6.07) is 11.6. The second-order valence-electron chi connectivity index (χ2n) is 7.91. The highest BCUT2D eigenvalue weighted by Crippen LogP contribution is 2.28. The van der Waals surface area contributed by atoms with Gasteiger partial charge in [0.25, 0.3) is 5.91 Å². The van der Waals surface area contributed by atoms with Gasteiger partial charge in [-0.3, -0.25) is 4.79 Å². The summed E-state index contributed by atoms with van der Waals surface area (Å²) in [6.07, 6.45) is -0.324. The first-order chi connectivity index (χ1) is 12.7. The average molecular weight is 433 g/mol. The molecule has 0 unspecified atom stereocenters. The van der Waals surface area contributed by atoms with Crippen LogP contribution in [0.2, 0.25) is 0 Å². The van der Waals surface area contributed by atoms with E-state index in [-0.39, 0.29) is 18.0 Å². The van der Waals surface area contributed by atoms with Gasteiger partial charge in [0.05, 0.1) is 0 Å². The normalized spacial score (nSPS) is 17.9. The minimum absolute atomic E-state index is 0.00459. The van der Waals surface area contributed by atoms with Gasteiger partial charge in [-0.05, 0) is 50.6 Å². The molecular formula is C21H25BrN2O3. The van der Waals surface area contributed by atoms with Crippen LogP contribution in [0.3, 0.4) is 0 Å². The number of rotatable bonds is 1. The van der Waals surface area contributed by atoms with Gasteiger partial charge in [-0.2, -0.15) is 0 Å². The van der Waals surface area contributed by atoms with Crippen molar-refractivity contribution in [1.29, 1.82) is 0 Å². The van der Waals surface area contributed by atoms with Crippen LogP contribution in [0, 0.1) is 0 Å². The molecule has 144 valence electrons. The number of hydrogen-bond acceptors (Lipinski definition) is 3. The van der Waals surface area contributed by atoms with Gasteiger partial charge in [-0.15, -0.1) is 0 Å². The van der Waals surface area contributed by atoms with Crippen LogP contribution >= 0.6 is 15.9 Å². The molecule has 1 saturated heterocycles. The van der Waals surface area contributed by atoms with Gasteiger partial charge in [0.2, 0.25) is 0 Å².